The van der Waals surface area contributed by atoms with Crippen LogP contribution in [-0.4, -0.2) is 31.8 Å². The summed E-state index contributed by atoms with van der Waals surface area (Å²) in [6.45, 7) is 5.61. The maximum absolute atomic E-state index is 13.0. The third-order valence-electron chi connectivity index (χ3n) is 7.00. The first-order valence-electron chi connectivity index (χ1n) is 15.5. The highest BCUT2D eigenvalue weighted by Gasteiger charge is 2.21. The molecule has 0 aliphatic rings. The van der Waals surface area contributed by atoms with Crippen molar-refractivity contribution in [3.8, 4) is 11.5 Å². The summed E-state index contributed by atoms with van der Waals surface area (Å²) in [5, 5.41) is 0. The van der Waals surface area contributed by atoms with E-state index < -0.39 is 18.0 Å². The SMILES string of the molecule is CCCCCCCOc1ccc(C(=O)OCC(OC(=O)c2ccc(OCCCCCCC)cc2)c2ccccc2)cc1. The normalized spacial score (nSPS) is 11.5. The molecule has 42 heavy (non-hydrogen) atoms. The van der Waals surface area contributed by atoms with Crippen LogP contribution in [0.2, 0.25) is 0 Å². The van der Waals surface area contributed by atoms with Gasteiger partial charge in [0.15, 0.2) is 6.10 Å². The number of rotatable bonds is 20. The number of carbonyl (C=O) groups excluding carboxylic acids is 2. The highest BCUT2D eigenvalue weighted by molar-refractivity contribution is 5.90. The van der Waals surface area contributed by atoms with Gasteiger partial charge in [-0.2, -0.15) is 0 Å². The lowest BCUT2D eigenvalue weighted by atomic mass is 10.1. The van der Waals surface area contributed by atoms with Gasteiger partial charge in [-0.1, -0.05) is 95.5 Å². The summed E-state index contributed by atoms with van der Waals surface area (Å²) < 4.78 is 23.0. The van der Waals surface area contributed by atoms with Crippen molar-refractivity contribution in [2.45, 2.75) is 84.2 Å². The average molecular weight is 575 g/mol. The topological polar surface area (TPSA) is 71.1 Å². The number of hydrogen-bond acceptors (Lipinski definition) is 6. The monoisotopic (exact) mass is 574 g/mol. The van der Waals surface area contributed by atoms with Gasteiger partial charge in [0.05, 0.1) is 24.3 Å². The summed E-state index contributed by atoms with van der Waals surface area (Å²) in [6.07, 6.45) is 11.0. The van der Waals surface area contributed by atoms with Crippen LogP contribution in [-0.2, 0) is 9.47 Å². The minimum atomic E-state index is -0.753. The third kappa shape index (κ3) is 12.0. The maximum atomic E-state index is 13.0. The lowest BCUT2D eigenvalue weighted by Crippen LogP contribution is -2.19. The van der Waals surface area contributed by atoms with Crippen molar-refractivity contribution in [2.24, 2.45) is 0 Å². The van der Waals surface area contributed by atoms with Crippen LogP contribution in [0.4, 0.5) is 0 Å². The van der Waals surface area contributed by atoms with Crippen molar-refractivity contribution >= 4 is 11.9 Å². The average Bonchev–Trinajstić information content (AvgIpc) is 3.03. The van der Waals surface area contributed by atoms with E-state index in [1.165, 1.54) is 38.5 Å². The molecule has 3 aromatic rings. The van der Waals surface area contributed by atoms with Gasteiger partial charge in [-0.15, -0.1) is 0 Å². The van der Waals surface area contributed by atoms with Crippen molar-refractivity contribution in [3.05, 3.63) is 95.6 Å². The molecule has 3 aromatic carbocycles. The van der Waals surface area contributed by atoms with Crippen LogP contribution in [0.1, 0.15) is 110 Å². The summed E-state index contributed by atoms with van der Waals surface area (Å²) in [4.78, 5) is 25.8. The van der Waals surface area contributed by atoms with Crippen LogP contribution in [0.15, 0.2) is 78.9 Å². The molecule has 0 heterocycles. The molecule has 0 N–H and O–H groups in total. The van der Waals surface area contributed by atoms with E-state index in [1.807, 2.05) is 30.3 Å². The zero-order valence-electron chi connectivity index (χ0n) is 25.2. The van der Waals surface area contributed by atoms with E-state index in [-0.39, 0.29) is 6.61 Å². The minimum Gasteiger partial charge on any atom is -0.494 e. The van der Waals surface area contributed by atoms with E-state index in [0.717, 1.165) is 42.7 Å². The Kier molecular flexibility index (Phi) is 15.1. The first kappa shape index (κ1) is 32.7. The van der Waals surface area contributed by atoms with Crippen molar-refractivity contribution in [1.29, 1.82) is 0 Å². The molecule has 0 saturated heterocycles. The van der Waals surface area contributed by atoms with Crippen molar-refractivity contribution in [3.63, 3.8) is 0 Å². The fraction of sp³-hybridized carbons (Fsp3) is 0.444. The Morgan fingerprint density at radius 3 is 1.55 bits per heavy atom. The van der Waals surface area contributed by atoms with Crippen molar-refractivity contribution in [1.82, 2.24) is 0 Å². The molecule has 0 aromatic heterocycles. The van der Waals surface area contributed by atoms with Crippen LogP contribution in [0, 0.1) is 0 Å². The van der Waals surface area contributed by atoms with Gasteiger partial charge in [-0.25, -0.2) is 9.59 Å². The zero-order valence-corrected chi connectivity index (χ0v) is 25.2. The molecule has 6 nitrogen and oxygen atoms in total. The number of ether oxygens (including phenoxy) is 4. The second-order valence-electron chi connectivity index (χ2n) is 10.5. The van der Waals surface area contributed by atoms with Crippen LogP contribution in [0.25, 0.3) is 0 Å². The molecule has 0 aliphatic heterocycles. The Morgan fingerprint density at radius 2 is 1.05 bits per heavy atom. The molecule has 6 heteroatoms. The second-order valence-corrected chi connectivity index (χ2v) is 10.5. The Balaban J connectivity index is 1.50. The van der Waals surface area contributed by atoms with Crippen LogP contribution in [0.3, 0.4) is 0 Å². The molecule has 0 radical (unpaired) electrons. The Labute approximate surface area is 251 Å². The third-order valence-corrected chi connectivity index (χ3v) is 7.00. The minimum absolute atomic E-state index is 0.107. The predicted molar refractivity (Wildman–Crippen MR) is 166 cm³/mol. The van der Waals surface area contributed by atoms with Gasteiger partial charge in [-0.3, -0.25) is 0 Å². The Hall–Kier alpha value is -3.80. The summed E-state index contributed by atoms with van der Waals surface area (Å²) in [5.41, 5.74) is 1.55. The number of esters is 2. The van der Waals surface area contributed by atoms with Gasteiger partial charge >= 0.3 is 11.9 Å². The predicted octanol–water partition coefficient (Wildman–Crippen LogP) is 9.14. The maximum Gasteiger partial charge on any atom is 0.338 e. The smallest absolute Gasteiger partial charge is 0.338 e. The molecule has 1 atom stereocenters. The number of carbonyl (C=O) groups is 2. The number of unbranched alkanes of at least 4 members (excludes halogenated alkanes) is 8. The van der Waals surface area contributed by atoms with Crippen molar-refractivity contribution in [2.75, 3.05) is 19.8 Å². The molecule has 0 bridgehead atoms. The molecule has 0 saturated carbocycles. The number of hydrogen-bond donors (Lipinski definition) is 0. The van der Waals surface area contributed by atoms with E-state index in [0.29, 0.717) is 24.3 Å². The molecule has 0 fully saturated rings. The highest BCUT2D eigenvalue weighted by Crippen LogP contribution is 2.22. The molecule has 0 aliphatic carbocycles. The summed E-state index contributed by atoms with van der Waals surface area (Å²) in [5.74, 6) is 0.456. The Bertz CT molecular complexity index is 1160. The van der Waals surface area contributed by atoms with E-state index in [2.05, 4.69) is 13.8 Å². The van der Waals surface area contributed by atoms with Crippen LogP contribution < -0.4 is 9.47 Å². The molecular formula is C36H46O6. The molecule has 226 valence electrons. The van der Waals surface area contributed by atoms with E-state index in [1.54, 1.807) is 48.5 Å². The van der Waals surface area contributed by atoms with E-state index in [4.69, 9.17) is 18.9 Å². The summed E-state index contributed by atoms with van der Waals surface area (Å²) in [7, 11) is 0. The first-order chi connectivity index (χ1) is 20.6. The van der Waals surface area contributed by atoms with E-state index >= 15 is 0 Å². The Morgan fingerprint density at radius 1 is 0.571 bits per heavy atom. The molecule has 0 spiro atoms. The molecular weight excluding hydrogens is 528 g/mol. The highest BCUT2D eigenvalue weighted by atomic mass is 16.6. The first-order valence-corrected chi connectivity index (χ1v) is 15.5. The van der Waals surface area contributed by atoms with Gasteiger partial charge < -0.3 is 18.9 Å². The van der Waals surface area contributed by atoms with E-state index in [9.17, 15) is 9.59 Å². The number of benzene rings is 3. The fourth-order valence-corrected chi connectivity index (χ4v) is 4.46. The quantitative estimate of drug-likeness (QED) is 0.0990. The van der Waals surface area contributed by atoms with Gasteiger partial charge in [0.25, 0.3) is 0 Å². The summed E-state index contributed by atoms with van der Waals surface area (Å²) in [6, 6.07) is 23.1. The summed E-state index contributed by atoms with van der Waals surface area (Å²) >= 11 is 0. The lowest BCUT2D eigenvalue weighted by molar-refractivity contribution is -0.00134. The lowest BCUT2D eigenvalue weighted by Gasteiger charge is -2.19. The zero-order chi connectivity index (χ0) is 29.8. The molecule has 1 unspecified atom stereocenters. The standard InChI is InChI=1S/C36H46O6/c1-3-5-7-9-14-26-39-32-22-18-30(19-23-32)35(37)41-28-34(29-16-12-11-13-17-29)42-36(38)31-20-24-33(25-21-31)40-27-15-10-8-6-4-2/h11-13,16-25,34H,3-10,14-15,26-28H2,1-2H3. The molecule has 0 amide bonds. The second kappa shape index (κ2) is 19.3. The van der Waals surface area contributed by atoms with Crippen LogP contribution >= 0.6 is 0 Å². The van der Waals surface area contributed by atoms with Gasteiger partial charge in [-0.05, 0) is 66.9 Å². The van der Waals surface area contributed by atoms with Gasteiger partial charge in [0.1, 0.15) is 18.1 Å². The largest absolute Gasteiger partial charge is 0.494 e. The fourth-order valence-electron chi connectivity index (χ4n) is 4.46. The van der Waals surface area contributed by atoms with Gasteiger partial charge in [0, 0.05) is 0 Å². The van der Waals surface area contributed by atoms with Crippen LogP contribution in [0.5, 0.6) is 11.5 Å². The van der Waals surface area contributed by atoms with Crippen molar-refractivity contribution < 1.29 is 28.5 Å². The molecule has 3 rings (SSSR count). The van der Waals surface area contributed by atoms with Gasteiger partial charge in [0.2, 0.25) is 0 Å².